The molecule has 0 aliphatic rings. The van der Waals surface area contributed by atoms with Crippen LogP contribution in [0.1, 0.15) is 18.2 Å². The molecule has 1 aromatic carbocycles. The zero-order valence-corrected chi connectivity index (χ0v) is 9.97. The first-order valence-electron chi connectivity index (χ1n) is 5.78. The van der Waals surface area contributed by atoms with Crippen LogP contribution in [0.3, 0.4) is 0 Å². The van der Waals surface area contributed by atoms with Crippen molar-refractivity contribution in [3.63, 3.8) is 0 Å². The van der Waals surface area contributed by atoms with E-state index in [4.69, 9.17) is 4.42 Å². The molecule has 0 saturated carbocycles. The van der Waals surface area contributed by atoms with Gasteiger partial charge in [-0.15, -0.1) is 0 Å². The molecule has 5 heteroatoms. The number of rotatable bonds is 4. The molecule has 2 rings (SSSR count). The number of hydrogen-bond acceptors (Lipinski definition) is 2. The molecule has 0 saturated heterocycles. The fourth-order valence-electron chi connectivity index (χ4n) is 1.96. The van der Waals surface area contributed by atoms with Crippen LogP contribution in [0.2, 0.25) is 0 Å². The van der Waals surface area contributed by atoms with Crippen LogP contribution < -0.4 is 5.32 Å². The number of para-hydroxylation sites is 1. The normalized spacial score (nSPS) is 12.2. The number of furan rings is 1. The first kappa shape index (κ1) is 13.0. The van der Waals surface area contributed by atoms with Crippen LogP contribution in [0.25, 0.3) is 11.0 Å². The summed E-state index contributed by atoms with van der Waals surface area (Å²) in [4.78, 5) is 0. The Kier molecular flexibility index (Phi) is 3.61. The fourth-order valence-corrected chi connectivity index (χ4v) is 1.96. The maximum Gasteiger partial charge on any atom is 0.401 e. The molecular weight excluding hydrogens is 243 g/mol. The van der Waals surface area contributed by atoms with Gasteiger partial charge in [0.2, 0.25) is 0 Å². The highest BCUT2D eigenvalue weighted by Crippen LogP contribution is 2.26. The van der Waals surface area contributed by atoms with Gasteiger partial charge in [-0.25, -0.2) is 0 Å². The largest absolute Gasteiger partial charge is 0.461 e. The van der Waals surface area contributed by atoms with Gasteiger partial charge in [-0.05, 0) is 6.07 Å². The van der Waals surface area contributed by atoms with Crippen molar-refractivity contribution in [1.82, 2.24) is 5.32 Å². The number of nitrogens with one attached hydrogen (secondary N) is 1. The number of halogens is 3. The van der Waals surface area contributed by atoms with Crippen molar-refractivity contribution < 1.29 is 17.6 Å². The third-order valence-corrected chi connectivity index (χ3v) is 2.73. The quantitative estimate of drug-likeness (QED) is 0.904. The smallest absolute Gasteiger partial charge is 0.401 e. The minimum Gasteiger partial charge on any atom is -0.461 e. The second-order valence-corrected chi connectivity index (χ2v) is 4.07. The van der Waals surface area contributed by atoms with E-state index in [1.54, 1.807) is 0 Å². The van der Waals surface area contributed by atoms with Gasteiger partial charge in [0.15, 0.2) is 0 Å². The molecule has 0 aliphatic carbocycles. The van der Waals surface area contributed by atoms with Crippen LogP contribution in [0.4, 0.5) is 13.2 Å². The van der Waals surface area contributed by atoms with Gasteiger partial charge in [-0.2, -0.15) is 13.2 Å². The predicted molar refractivity (Wildman–Crippen MR) is 63.4 cm³/mol. The molecule has 1 heterocycles. The monoisotopic (exact) mass is 257 g/mol. The Labute approximate surface area is 103 Å². The van der Waals surface area contributed by atoms with Gasteiger partial charge in [0.25, 0.3) is 0 Å². The molecule has 1 N–H and O–H groups in total. The third kappa shape index (κ3) is 2.85. The van der Waals surface area contributed by atoms with Crippen LogP contribution in [0.15, 0.2) is 28.7 Å². The molecule has 0 spiro atoms. The lowest BCUT2D eigenvalue weighted by atomic mass is 10.1. The molecule has 0 unspecified atom stereocenters. The van der Waals surface area contributed by atoms with Gasteiger partial charge < -0.3 is 9.73 Å². The molecule has 0 atom stereocenters. The average molecular weight is 257 g/mol. The van der Waals surface area contributed by atoms with Crippen LogP contribution >= 0.6 is 0 Å². The highest BCUT2D eigenvalue weighted by Gasteiger charge is 2.26. The summed E-state index contributed by atoms with van der Waals surface area (Å²) in [5.41, 5.74) is 1.54. The number of fused-ring (bicyclic) bond motifs is 1. The van der Waals surface area contributed by atoms with Gasteiger partial charge in [0.05, 0.1) is 6.54 Å². The van der Waals surface area contributed by atoms with E-state index < -0.39 is 12.7 Å². The van der Waals surface area contributed by atoms with Crippen molar-refractivity contribution in [3.05, 3.63) is 35.6 Å². The molecule has 2 aromatic rings. The lowest BCUT2D eigenvalue weighted by molar-refractivity contribution is -0.125. The zero-order chi connectivity index (χ0) is 13.2. The van der Waals surface area contributed by atoms with E-state index in [2.05, 4.69) is 5.32 Å². The fraction of sp³-hybridized carbons (Fsp3) is 0.385. The molecule has 0 amide bonds. The number of benzene rings is 1. The topological polar surface area (TPSA) is 25.2 Å². The van der Waals surface area contributed by atoms with Gasteiger partial charge in [-0.1, -0.05) is 25.1 Å². The lowest BCUT2D eigenvalue weighted by Gasteiger charge is -2.08. The standard InChI is InChI=1S/C13H14F3NO/c1-2-11-10(7-17-8-13(14,15)16)9-5-3-4-6-12(9)18-11/h3-6,17H,2,7-8H2,1H3. The van der Waals surface area contributed by atoms with Gasteiger partial charge in [-0.3, -0.25) is 0 Å². The van der Waals surface area contributed by atoms with Crippen LogP contribution in [0.5, 0.6) is 0 Å². The van der Waals surface area contributed by atoms with Crippen molar-refractivity contribution in [1.29, 1.82) is 0 Å². The van der Waals surface area contributed by atoms with Crippen LogP contribution in [0, 0.1) is 0 Å². The Balaban J connectivity index is 2.20. The summed E-state index contributed by atoms with van der Waals surface area (Å²) >= 11 is 0. The van der Waals surface area contributed by atoms with Crippen molar-refractivity contribution in [3.8, 4) is 0 Å². The number of aryl methyl sites for hydroxylation is 1. The SMILES string of the molecule is CCc1oc2ccccc2c1CNCC(F)(F)F. The summed E-state index contributed by atoms with van der Waals surface area (Å²) in [6.45, 7) is 1.10. The van der Waals surface area contributed by atoms with E-state index in [1.165, 1.54) is 0 Å². The Morgan fingerprint density at radius 1 is 1.22 bits per heavy atom. The van der Waals surface area contributed by atoms with Crippen molar-refractivity contribution in [2.45, 2.75) is 26.1 Å². The van der Waals surface area contributed by atoms with Gasteiger partial charge >= 0.3 is 6.18 Å². The van der Waals surface area contributed by atoms with Gasteiger partial charge in [0.1, 0.15) is 11.3 Å². The summed E-state index contributed by atoms with van der Waals surface area (Å²) in [5.74, 6) is 0.742. The second kappa shape index (κ2) is 5.02. The van der Waals surface area contributed by atoms with E-state index in [-0.39, 0.29) is 6.54 Å². The van der Waals surface area contributed by atoms with E-state index in [9.17, 15) is 13.2 Å². The van der Waals surface area contributed by atoms with Crippen LogP contribution in [-0.4, -0.2) is 12.7 Å². The van der Waals surface area contributed by atoms with E-state index in [0.717, 1.165) is 22.3 Å². The summed E-state index contributed by atoms with van der Waals surface area (Å²) in [6, 6.07) is 7.38. The molecule has 0 bridgehead atoms. The molecule has 2 nitrogen and oxygen atoms in total. The molecule has 1 aromatic heterocycles. The highest BCUT2D eigenvalue weighted by atomic mass is 19.4. The number of alkyl halides is 3. The summed E-state index contributed by atoms with van der Waals surface area (Å²) in [6.07, 6.45) is -3.52. The van der Waals surface area contributed by atoms with Gasteiger partial charge in [0, 0.05) is 23.9 Å². The van der Waals surface area contributed by atoms with Crippen molar-refractivity contribution >= 4 is 11.0 Å². The average Bonchev–Trinajstić information content (AvgIpc) is 2.66. The minimum absolute atomic E-state index is 0.166. The summed E-state index contributed by atoms with van der Waals surface area (Å²) in [7, 11) is 0. The molecule has 98 valence electrons. The molecule has 0 radical (unpaired) electrons. The Morgan fingerprint density at radius 3 is 2.61 bits per heavy atom. The second-order valence-electron chi connectivity index (χ2n) is 4.07. The highest BCUT2D eigenvalue weighted by molar-refractivity contribution is 5.82. The van der Waals surface area contributed by atoms with E-state index in [1.807, 2.05) is 31.2 Å². The maximum atomic E-state index is 12.1. The van der Waals surface area contributed by atoms with Crippen molar-refractivity contribution in [2.24, 2.45) is 0 Å². The summed E-state index contributed by atoms with van der Waals surface area (Å²) in [5, 5.41) is 3.29. The first-order valence-corrected chi connectivity index (χ1v) is 5.78. The molecule has 0 fully saturated rings. The minimum atomic E-state index is -4.19. The molecule has 0 aliphatic heterocycles. The molecule has 18 heavy (non-hydrogen) atoms. The van der Waals surface area contributed by atoms with E-state index in [0.29, 0.717) is 6.42 Å². The lowest BCUT2D eigenvalue weighted by Crippen LogP contribution is -2.28. The van der Waals surface area contributed by atoms with E-state index >= 15 is 0 Å². The first-order chi connectivity index (χ1) is 8.51. The van der Waals surface area contributed by atoms with Crippen LogP contribution in [-0.2, 0) is 13.0 Å². The van der Waals surface area contributed by atoms with Crippen molar-refractivity contribution in [2.75, 3.05) is 6.54 Å². The number of hydrogen-bond donors (Lipinski definition) is 1. The predicted octanol–water partition coefficient (Wildman–Crippen LogP) is 3.65. The molecular formula is C13H14F3NO. The Bertz CT molecular complexity index is 531. The Hall–Kier alpha value is -1.49. The Morgan fingerprint density at radius 2 is 1.94 bits per heavy atom. The zero-order valence-electron chi connectivity index (χ0n) is 9.97. The third-order valence-electron chi connectivity index (χ3n) is 2.73. The maximum absolute atomic E-state index is 12.1. The summed E-state index contributed by atoms with van der Waals surface area (Å²) < 4.78 is 41.9.